The van der Waals surface area contributed by atoms with Gasteiger partial charge in [0.15, 0.2) is 0 Å². The van der Waals surface area contributed by atoms with Crippen molar-refractivity contribution in [2.75, 3.05) is 12.9 Å². The van der Waals surface area contributed by atoms with Gasteiger partial charge in [0.05, 0.1) is 11.4 Å². The first-order chi connectivity index (χ1) is 8.86. The van der Waals surface area contributed by atoms with Crippen molar-refractivity contribution in [2.24, 2.45) is 0 Å². The maximum absolute atomic E-state index is 12.3. The highest BCUT2D eigenvalue weighted by atomic mass is 33.1. The summed E-state index contributed by atoms with van der Waals surface area (Å²) in [7, 11) is 3.65. The molecule has 0 N–H and O–H groups in total. The molecule has 0 bridgehead atoms. The van der Waals surface area contributed by atoms with Crippen LogP contribution in [0.2, 0.25) is 0 Å². The lowest BCUT2D eigenvalue weighted by Crippen LogP contribution is -2.33. The molecule has 1 aliphatic rings. The average Bonchev–Trinajstić information content (AvgIpc) is 2.66. The Hall–Kier alpha value is 0.460. The molecule has 19 heavy (non-hydrogen) atoms. The summed E-state index contributed by atoms with van der Waals surface area (Å²) in [6.45, 7) is 3.47. The summed E-state index contributed by atoms with van der Waals surface area (Å²) >= 11 is 1.33. The van der Waals surface area contributed by atoms with Gasteiger partial charge in [-0.3, -0.25) is 4.57 Å². The van der Waals surface area contributed by atoms with Crippen molar-refractivity contribution in [3.63, 3.8) is 0 Å². The van der Waals surface area contributed by atoms with E-state index in [1.54, 1.807) is 6.66 Å². The maximum Gasteiger partial charge on any atom is 0.254 e. The lowest BCUT2D eigenvalue weighted by atomic mass is 9.98. The van der Waals surface area contributed by atoms with Gasteiger partial charge in [0.25, 0.3) is 6.57 Å². The van der Waals surface area contributed by atoms with Crippen molar-refractivity contribution >= 4 is 39.5 Å². The smallest absolute Gasteiger partial charge is 0.254 e. The van der Waals surface area contributed by atoms with Gasteiger partial charge < -0.3 is 4.52 Å². The summed E-state index contributed by atoms with van der Waals surface area (Å²) in [4.78, 5) is 0. The predicted octanol–water partition coefficient (Wildman–Crippen LogP) is 5.47. The van der Waals surface area contributed by atoms with Crippen LogP contribution in [-0.4, -0.2) is 23.8 Å². The fourth-order valence-corrected chi connectivity index (χ4v) is 6.97. The Labute approximate surface area is 127 Å². The van der Waals surface area contributed by atoms with Gasteiger partial charge in [-0.25, -0.2) is 0 Å². The van der Waals surface area contributed by atoms with E-state index in [2.05, 4.69) is 26.0 Å². The first kappa shape index (κ1) is 15.8. The van der Waals surface area contributed by atoms with E-state index in [9.17, 15) is 4.57 Å². The molecule has 2 rings (SSSR count). The van der Waals surface area contributed by atoms with Crippen molar-refractivity contribution in [2.45, 2.75) is 29.9 Å². The van der Waals surface area contributed by atoms with Crippen LogP contribution in [0.1, 0.15) is 24.7 Å². The molecule has 0 amide bonds. The van der Waals surface area contributed by atoms with E-state index in [0.29, 0.717) is 0 Å². The Balaban J connectivity index is 2.27. The zero-order valence-corrected chi connectivity index (χ0v) is 14.9. The topological polar surface area (TPSA) is 26.3 Å². The number of benzene rings is 1. The number of hydrogen-bond donors (Lipinski definition) is 0. The molecule has 6 heteroatoms. The van der Waals surface area contributed by atoms with Crippen molar-refractivity contribution in [1.82, 2.24) is 0 Å². The van der Waals surface area contributed by atoms with Crippen LogP contribution in [0.25, 0.3) is 0 Å². The average molecular weight is 334 g/mol. The van der Waals surface area contributed by atoms with Crippen molar-refractivity contribution in [3.05, 3.63) is 35.9 Å². The molecule has 0 aromatic heterocycles. The molecule has 0 aliphatic carbocycles. The molecule has 1 saturated heterocycles. The molecule has 1 aliphatic heterocycles. The van der Waals surface area contributed by atoms with E-state index in [1.807, 2.05) is 46.0 Å². The molecule has 1 heterocycles. The fraction of sp³-hybridized carbons (Fsp3) is 0.538. The molecule has 106 valence electrons. The molecule has 0 saturated carbocycles. The van der Waals surface area contributed by atoms with E-state index >= 15 is 0 Å². The van der Waals surface area contributed by atoms with Gasteiger partial charge in [-0.05, 0) is 25.7 Å². The molecule has 2 nitrogen and oxygen atoms in total. The van der Waals surface area contributed by atoms with Crippen LogP contribution in [-0.2, 0) is 9.09 Å². The van der Waals surface area contributed by atoms with E-state index < -0.39 is 6.57 Å². The Kier molecular flexibility index (Phi) is 5.06. The number of rotatable bonds is 4. The minimum Gasteiger partial charge on any atom is -0.315 e. The van der Waals surface area contributed by atoms with Crippen LogP contribution >= 0.6 is 39.5 Å². The van der Waals surface area contributed by atoms with Crippen LogP contribution in [0.3, 0.4) is 0 Å². The Morgan fingerprint density at radius 2 is 1.95 bits per heavy atom. The Morgan fingerprint density at radius 3 is 2.53 bits per heavy atom. The summed E-state index contributed by atoms with van der Waals surface area (Å²) in [6, 6.07) is 10.3. The molecular formula is C13H19O2PS3. The van der Waals surface area contributed by atoms with Gasteiger partial charge in [-0.2, -0.15) is 0 Å². The van der Waals surface area contributed by atoms with Crippen LogP contribution in [0.5, 0.6) is 0 Å². The molecular weight excluding hydrogens is 315 g/mol. The lowest BCUT2D eigenvalue weighted by molar-refractivity contribution is 0.180. The van der Waals surface area contributed by atoms with E-state index in [-0.39, 0.29) is 16.1 Å². The molecule has 1 fully saturated rings. The highest BCUT2D eigenvalue weighted by Crippen LogP contribution is 2.65. The highest BCUT2D eigenvalue weighted by Gasteiger charge is 2.47. The zero-order chi connectivity index (χ0) is 14.1. The second kappa shape index (κ2) is 6.07. The van der Waals surface area contributed by atoms with Crippen LogP contribution in [0.4, 0.5) is 0 Å². The van der Waals surface area contributed by atoms with E-state index in [0.717, 1.165) is 0 Å². The molecule has 1 aromatic carbocycles. The summed E-state index contributed by atoms with van der Waals surface area (Å²) < 4.78 is 18.3. The predicted molar refractivity (Wildman–Crippen MR) is 90.4 cm³/mol. The highest BCUT2D eigenvalue weighted by molar-refractivity contribution is 8.77. The third-order valence-corrected chi connectivity index (χ3v) is 10.3. The van der Waals surface area contributed by atoms with Gasteiger partial charge >= 0.3 is 0 Å². The third-order valence-electron chi connectivity index (χ3n) is 3.09. The molecule has 1 aromatic rings. The lowest BCUT2D eigenvalue weighted by Gasteiger charge is -2.30. The van der Waals surface area contributed by atoms with Gasteiger partial charge in [0.2, 0.25) is 0 Å². The normalized spacial score (nSPS) is 29.1. The van der Waals surface area contributed by atoms with Crippen molar-refractivity contribution in [1.29, 1.82) is 0 Å². The van der Waals surface area contributed by atoms with Crippen LogP contribution in [0, 0.1) is 0 Å². The van der Waals surface area contributed by atoms with E-state index in [4.69, 9.17) is 4.52 Å². The molecule has 0 radical (unpaired) electrons. The van der Waals surface area contributed by atoms with Gasteiger partial charge in [0.1, 0.15) is 0 Å². The maximum atomic E-state index is 12.3. The SMILES string of the molecule is CSP(C)(=O)O[C@H]1[C@H](c2ccccc2)SSC1(C)C. The second-order valence-electron chi connectivity index (χ2n) is 5.09. The largest absolute Gasteiger partial charge is 0.315 e. The number of hydrogen-bond acceptors (Lipinski definition) is 5. The third kappa shape index (κ3) is 3.76. The minimum absolute atomic E-state index is 0.0341. The second-order valence-corrected chi connectivity index (χ2v) is 13.3. The Bertz CT molecular complexity index is 478. The zero-order valence-electron chi connectivity index (χ0n) is 11.5. The van der Waals surface area contributed by atoms with Crippen LogP contribution < -0.4 is 0 Å². The minimum atomic E-state index is -2.57. The van der Waals surface area contributed by atoms with Crippen molar-refractivity contribution in [3.8, 4) is 0 Å². The van der Waals surface area contributed by atoms with Gasteiger partial charge in [0, 0.05) is 11.4 Å². The standard InChI is InChI=1S/C13H19O2PS3/c1-13(2)12(15-16(3,14)17-4)11(18-19-13)10-8-6-5-7-9-10/h5-9,11-12H,1-4H3/t11-,12-,16?/m0/s1. The van der Waals surface area contributed by atoms with Gasteiger partial charge in [-0.15, -0.1) is 0 Å². The quantitative estimate of drug-likeness (QED) is 0.537. The molecule has 0 spiro atoms. The van der Waals surface area contributed by atoms with Crippen LogP contribution in [0.15, 0.2) is 30.3 Å². The molecule has 3 atom stereocenters. The Morgan fingerprint density at radius 1 is 1.32 bits per heavy atom. The fourth-order valence-electron chi connectivity index (χ4n) is 1.94. The monoisotopic (exact) mass is 334 g/mol. The summed E-state index contributed by atoms with van der Waals surface area (Å²) in [5.74, 6) is 0. The summed E-state index contributed by atoms with van der Waals surface area (Å²) in [5, 5.41) is 0.238. The first-order valence-corrected chi connectivity index (χ1v) is 12.2. The van der Waals surface area contributed by atoms with Crippen molar-refractivity contribution < 1.29 is 9.09 Å². The summed E-state index contributed by atoms with van der Waals surface area (Å²) in [5.41, 5.74) is 1.25. The van der Waals surface area contributed by atoms with Gasteiger partial charge in [-0.1, -0.05) is 63.3 Å². The van der Waals surface area contributed by atoms with E-state index in [1.165, 1.54) is 16.9 Å². The molecule has 1 unspecified atom stereocenters. The first-order valence-electron chi connectivity index (χ1n) is 6.07. The summed E-state index contributed by atoms with van der Waals surface area (Å²) in [6.07, 6.45) is 1.81.